The van der Waals surface area contributed by atoms with Gasteiger partial charge in [-0.1, -0.05) is 12.1 Å². The third kappa shape index (κ3) is 3.33. The molecule has 1 saturated heterocycles. The number of guanidine groups is 1. The second-order valence-corrected chi connectivity index (χ2v) is 7.69. The topological polar surface area (TPSA) is 83.2 Å². The third-order valence-electron chi connectivity index (χ3n) is 5.52. The number of benzene rings is 2. The van der Waals surface area contributed by atoms with Gasteiger partial charge in [0.1, 0.15) is 11.3 Å². The maximum atomic E-state index is 15.9. The van der Waals surface area contributed by atoms with Gasteiger partial charge < -0.3 is 10.1 Å². The summed E-state index contributed by atoms with van der Waals surface area (Å²) in [5, 5.41) is 10.8. The van der Waals surface area contributed by atoms with E-state index in [0.29, 0.717) is 0 Å². The van der Waals surface area contributed by atoms with E-state index in [0.717, 1.165) is 11.0 Å². The van der Waals surface area contributed by atoms with Crippen molar-refractivity contribution in [2.75, 3.05) is 7.05 Å². The summed E-state index contributed by atoms with van der Waals surface area (Å²) in [5.41, 5.74) is -1.25. The number of rotatable bonds is 4. The van der Waals surface area contributed by atoms with Gasteiger partial charge in [0.15, 0.2) is 23.3 Å². The lowest BCUT2D eigenvalue weighted by atomic mass is 9.86. The standard InChI is InChI=1S/C21H19F4N5O2/c1-10-27-13-8-7-12(22)18(32-19(24)25)17(13)30(10)14-6-4-5-11(16(14)23)21(2)9-15(31)29(3)20(26)28-21/h4-8,19H,9H2,1-3H3,(H2,26,28)/t21-/m0/s1. The van der Waals surface area contributed by atoms with E-state index >= 15 is 4.39 Å². The lowest BCUT2D eigenvalue weighted by Gasteiger charge is -2.39. The number of halogens is 4. The van der Waals surface area contributed by atoms with Crippen molar-refractivity contribution in [2.24, 2.45) is 0 Å². The van der Waals surface area contributed by atoms with Crippen molar-refractivity contribution >= 4 is 22.9 Å². The Hall–Kier alpha value is -3.63. The van der Waals surface area contributed by atoms with Crippen LogP contribution < -0.4 is 10.1 Å². The normalized spacial score (nSPS) is 19.1. The number of aromatic nitrogens is 2. The number of alkyl halides is 2. The van der Waals surface area contributed by atoms with Crippen molar-refractivity contribution in [1.82, 2.24) is 19.8 Å². The molecule has 0 saturated carbocycles. The second-order valence-electron chi connectivity index (χ2n) is 7.69. The molecule has 2 N–H and O–H groups in total. The molecular weight excluding hydrogens is 430 g/mol. The maximum absolute atomic E-state index is 15.9. The molecular formula is C21H19F4N5O2. The molecule has 2 heterocycles. The molecule has 168 valence electrons. The van der Waals surface area contributed by atoms with Crippen LogP contribution in [0.25, 0.3) is 16.7 Å². The average Bonchev–Trinajstić information content (AvgIpc) is 3.04. The summed E-state index contributed by atoms with van der Waals surface area (Å²) >= 11 is 0. The number of carbonyl (C=O) groups is 1. The number of amides is 1. The van der Waals surface area contributed by atoms with Crippen LogP contribution in [0.2, 0.25) is 0 Å². The zero-order chi connectivity index (χ0) is 23.4. The maximum Gasteiger partial charge on any atom is 0.387 e. The van der Waals surface area contributed by atoms with Gasteiger partial charge in [-0.05, 0) is 32.0 Å². The molecule has 4 rings (SSSR count). The van der Waals surface area contributed by atoms with Crippen LogP contribution >= 0.6 is 0 Å². The minimum Gasteiger partial charge on any atom is -0.429 e. The molecule has 0 spiro atoms. The average molecular weight is 449 g/mol. The first kappa shape index (κ1) is 21.6. The predicted octanol–water partition coefficient (Wildman–Crippen LogP) is 3.82. The molecule has 7 nitrogen and oxygen atoms in total. The fourth-order valence-corrected chi connectivity index (χ4v) is 3.94. The van der Waals surface area contributed by atoms with E-state index in [9.17, 15) is 18.0 Å². The second kappa shape index (κ2) is 7.50. The highest BCUT2D eigenvalue weighted by molar-refractivity contribution is 5.99. The SMILES string of the molecule is Cc1nc2ccc(F)c(OC(F)F)c2n1-c1cccc([C@]2(C)CC(=O)N(C)C(=N)N2)c1F. The van der Waals surface area contributed by atoms with Crippen molar-refractivity contribution < 1.29 is 27.1 Å². The zero-order valence-corrected chi connectivity index (χ0v) is 17.3. The van der Waals surface area contributed by atoms with Gasteiger partial charge in [0.05, 0.1) is 23.2 Å². The molecule has 0 bridgehead atoms. The molecule has 1 aliphatic heterocycles. The van der Waals surface area contributed by atoms with Crippen molar-refractivity contribution in [3.8, 4) is 11.4 Å². The molecule has 1 atom stereocenters. The van der Waals surface area contributed by atoms with Gasteiger partial charge in [-0.15, -0.1) is 0 Å². The largest absolute Gasteiger partial charge is 0.429 e. The third-order valence-corrected chi connectivity index (χ3v) is 5.52. The Morgan fingerprint density at radius 3 is 2.62 bits per heavy atom. The number of imidazole rings is 1. The Kier molecular flexibility index (Phi) is 5.06. The minimum absolute atomic E-state index is 0.0789. The number of hydrogen-bond donors (Lipinski definition) is 2. The first-order chi connectivity index (χ1) is 15.0. The highest BCUT2D eigenvalue weighted by atomic mass is 19.3. The van der Waals surface area contributed by atoms with Crippen LogP contribution in [0.4, 0.5) is 17.6 Å². The van der Waals surface area contributed by atoms with Crippen molar-refractivity contribution in [2.45, 2.75) is 32.4 Å². The molecule has 1 aliphatic rings. The molecule has 0 radical (unpaired) electrons. The Morgan fingerprint density at radius 2 is 1.97 bits per heavy atom. The number of ether oxygens (including phenoxy) is 1. The smallest absolute Gasteiger partial charge is 0.387 e. The van der Waals surface area contributed by atoms with Gasteiger partial charge in [-0.2, -0.15) is 8.78 Å². The molecule has 2 aromatic carbocycles. The zero-order valence-electron chi connectivity index (χ0n) is 17.3. The van der Waals surface area contributed by atoms with Gasteiger partial charge >= 0.3 is 6.61 Å². The summed E-state index contributed by atoms with van der Waals surface area (Å²) in [6.07, 6.45) is -0.121. The van der Waals surface area contributed by atoms with Crippen molar-refractivity contribution in [3.63, 3.8) is 0 Å². The van der Waals surface area contributed by atoms with E-state index < -0.39 is 29.5 Å². The van der Waals surface area contributed by atoms with Crippen LogP contribution in [0.5, 0.6) is 5.75 Å². The monoisotopic (exact) mass is 449 g/mol. The Morgan fingerprint density at radius 1 is 1.25 bits per heavy atom. The number of carbonyl (C=O) groups excluding carboxylic acids is 1. The van der Waals surface area contributed by atoms with E-state index in [1.54, 1.807) is 6.92 Å². The van der Waals surface area contributed by atoms with Crippen LogP contribution in [0, 0.1) is 24.0 Å². The number of aryl methyl sites for hydroxylation is 1. The van der Waals surface area contributed by atoms with E-state index in [-0.39, 0.29) is 46.4 Å². The fourth-order valence-electron chi connectivity index (χ4n) is 3.94. The van der Waals surface area contributed by atoms with Crippen LogP contribution in [0.15, 0.2) is 30.3 Å². The first-order valence-electron chi connectivity index (χ1n) is 9.58. The first-order valence-corrected chi connectivity index (χ1v) is 9.58. The molecule has 11 heteroatoms. The predicted molar refractivity (Wildman–Crippen MR) is 108 cm³/mol. The van der Waals surface area contributed by atoms with Gasteiger partial charge in [-0.3, -0.25) is 19.7 Å². The van der Waals surface area contributed by atoms with Crippen LogP contribution in [0.3, 0.4) is 0 Å². The van der Waals surface area contributed by atoms with Crippen LogP contribution in [0.1, 0.15) is 24.7 Å². The molecule has 1 amide bonds. The van der Waals surface area contributed by atoms with E-state index in [1.807, 2.05) is 0 Å². The lowest BCUT2D eigenvalue weighted by Crippen LogP contribution is -2.58. The van der Waals surface area contributed by atoms with Gasteiger partial charge in [0, 0.05) is 12.6 Å². The number of nitrogens with zero attached hydrogens (tertiary/aromatic N) is 3. The summed E-state index contributed by atoms with van der Waals surface area (Å²) in [4.78, 5) is 17.7. The Labute approximate surface area is 180 Å². The van der Waals surface area contributed by atoms with E-state index in [2.05, 4.69) is 15.0 Å². The summed E-state index contributed by atoms with van der Waals surface area (Å²) in [6, 6.07) is 6.60. The molecule has 0 aliphatic carbocycles. The van der Waals surface area contributed by atoms with Crippen molar-refractivity contribution in [3.05, 3.63) is 53.4 Å². The number of nitrogens with one attached hydrogen (secondary N) is 2. The Bertz CT molecular complexity index is 1240. The molecule has 32 heavy (non-hydrogen) atoms. The molecule has 3 aromatic rings. The van der Waals surface area contributed by atoms with Gasteiger partial charge in [0.2, 0.25) is 5.91 Å². The summed E-state index contributed by atoms with van der Waals surface area (Å²) in [5.74, 6) is -2.91. The van der Waals surface area contributed by atoms with E-state index in [1.165, 1.54) is 42.8 Å². The summed E-state index contributed by atoms with van der Waals surface area (Å²) < 4.78 is 61.7. The van der Waals surface area contributed by atoms with Gasteiger partial charge in [-0.25, -0.2) is 13.8 Å². The molecule has 1 aromatic heterocycles. The van der Waals surface area contributed by atoms with Crippen molar-refractivity contribution in [1.29, 1.82) is 5.41 Å². The van der Waals surface area contributed by atoms with E-state index in [4.69, 9.17) is 5.41 Å². The molecule has 1 fully saturated rings. The highest BCUT2D eigenvalue weighted by Crippen LogP contribution is 2.37. The number of fused-ring (bicyclic) bond motifs is 1. The van der Waals surface area contributed by atoms with Crippen LogP contribution in [-0.2, 0) is 10.3 Å². The Balaban J connectivity index is 1.93. The highest BCUT2D eigenvalue weighted by Gasteiger charge is 2.40. The fraction of sp³-hybridized carbons (Fsp3) is 0.286. The van der Waals surface area contributed by atoms with Crippen LogP contribution in [-0.4, -0.2) is 40.0 Å². The van der Waals surface area contributed by atoms with Gasteiger partial charge in [0.25, 0.3) is 0 Å². The quantitative estimate of drug-likeness (QED) is 0.594. The summed E-state index contributed by atoms with van der Waals surface area (Å²) in [6.45, 7) is -0.196. The number of hydrogen-bond acceptors (Lipinski definition) is 4. The molecule has 0 unspecified atom stereocenters. The lowest BCUT2D eigenvalue weighted by molar-refractivity contribution is -0.129. The minimum atomic E-state index is -3.30. The summed E-state index contributed by atoms with van der Waals surface area (Å²) in [7, 11) is 1.43.